The molecule has 1 aromatic rings. The average molecular weight is 236 g/mol. The molecule has 1 amide bonds. The largest absolute Gasteiger partial charge is 0.496 e. The monoisotopic (exact) mass is 236 g/mol. The number of hydrogen-bond donors (Lipinski definition) is 2. The van der Waals surface area contributed by atoms with Gasteiger partial charge >= 0.3 is 0 Å². The van der Waals surface area contributed by atoms with Gasteiger partial charge in [-0.2, -0.15) is 0 Å². The molecule has 0 radical (unpaired) electrons. The van der Waals surface area contributed by atoms with Crippen LogP contribution in [0.5, 0.6) is 5.75 Å². The Morgan fingerprint density at radius 1 is 1.47 bits per heavy atom. The molecule has 0 atom stereocenters. The van der Waals surface area contributed by atoms with E-state index < -0.39 is 0 Å². The van der Waals surface area contributed by atoms with Crippen LogP contribution in [-0.4, -0.2) is 26.1 Å². The fourth-order valence-corrected chi connectivity index (χ4v) is 1.66. The van der Waals surface area contributed by atoms with Gasteiger partial charge in [-0.15, -0.1) is 0 Å². The van der Waals surface area contributed by atoms with Crippen LogP contribution in [0.4, 0.5) is 0 Å². The molecule has 0 saturated heterocycles. The molecule has 4 heteroatoms. The Labute approximate surface area is 102 Å². The summed E-state index contributed by atoms with van der Waals surface area (Å²) in [7, 11) is 1.66. The number of aryl methyl sites for hydroxylation is 1. The van der Waals surface area contributed by atoms with Crippen molar-refractivity contribution in [1.82, 2.24) is 5.32 Å². The van der Waals surface area contributed by atoms with Gasteiger partial charge in [-0.3, -0.25) is 4.79 Å². The Kier molecular flexibility index (Phi) is 5.49. The van der Waals surface area contributed by atoms with E-state index in [4.69, 9.17) is 10.5 Å². The second-order valence-corrected chi connectivity index (χ2v) is 3.80. The summed E-state index contributed by atoms with van der Waals surface area (Å²) in [5.74, 6) is 0.736. The predicted molar refractivity (Wildman–Crippen MR) is 68.1 cm³/mol. The molecule has 0 bridgehead atoms. The first-order valence-electron chi connectivity index (χ1n) is 5.83. The molecule has 0 aliphatic heterocycles. The predicted octanol–water partition coefficient (Wildman–Crippen LogP) is 0.875. The molecule has 94 valence electrons. The van der Waals surface area contributed by atoms with Gasteiger partial charge in [0.2, 0.25) is 5.91 Å². The molecule has 0 aliphatic rings. The Morgan fingerprint density at radius 2 is 2.24 bits per heavy atom. The van der Waals surface area contributed by atoms with E-state index in [-0.39, 0.29) is 12.5 Å². The van der Waals surface area contributed by atoms with Crippen LogP contribution >= 0.6 is 0 Å². The molecule has 0 fully saturated rings. The van der Waals surface area contributed by atoms with Gasteiger partial charge in [0.1, 0.15) is 5.75 Å². The molecule has 1 aromatic carbocycles. The summed E-state index contributed by atoms with van der Waals surface area (Å²) in [5.41, 5.74) is 7.60. The minimum Gasteiger partial charge on any atom is -0.496 e. The number of ether oxygens (including phenoxy) is 1. The molecule has 0 spiro atoms. The van der Waals surface area contributed by atoms with Crippen LogP contribution in [0.15, 0.2) is 18.2 Å². The van der Waals surface area contributed by atoms with E-state index >= 15 is 0 Å². The summed E-state index contributed by atoms with van der Waals surface area (Å²) in [6.45, 7) is 2.73. The van der Waals surface area contributed by atoms with E-state index in [1.807, 2.05) is 6.07 Å². The summed E-state index contributed by atoms with van der Waals surface area (Å²) in [6, 6.07) is 6.15. The Balaban J connectivity index is 2.64. The lowest BCUT2D eigenvalue weighted by molar-refractivity contribution is -0.119. The lowest BCUT2D eigenvalue weighted by Crippen LogP contribution is -2.31. The van der Waals surface area contributed by atoms with E-state index in [0.29, 0.717) is 6.54 Å². The van der Waals surface area contributed by atoms with Crippen molar-refractivity contribution in [2.24, 2.45) is 5.73 Å². The number of methoxy groups -OCH3 is 1. The number of amides is 1. The van der Waals surface area contributed by atoms with Crippen LogP contribution in [0, 0.1) is 0 Å². The fraction of sp³-hybridized carbons (Fsp3) is 0.462. The van der Waals surface area contributed by atoms with E-state index in [0.717, 1.165) is 24.2 Å². The third kappa shape index (κ3) is 4.07. The number of carbonyl (C=O) groups excluding carboxylic acids is 1. The molecule has 1 rings (SSSR count). The van der Waals surface area contributed by atoms with Crippen LogP contribution in [0.1, 0.15) is 18.1 Å². The van der Waals surface area contributed by atoms with Crippen LogP contribution < -0.4 is 15.8 Å². The molecule has 0 unspecified atom stereocenters. The molecule has 0 aromatic heterocycles. The van der Waals surface area contributed by atoms with Crippen molar-refractivity contribution in [2.45, 2.75) is 19.8 Å². The first-order valence-corrected chi connectivity index (χ1v) is 5.83. The number of benzene rings is 1. The van der Waals surface area contributed by atoms with Crippen molar-refractivity contribution in [3.8, 4) is 5.75 Å². The third-order valence-corrected chi connectivity index (χ3v) is 2.65. The van der Waals surface area contributed by atoms with Gasteiger partial charge in [-0.25, -0.2) is 0 Å². The van der Waals surface area contributed by atoms with Gasteiger partial charge < -0.3 is 15.8 Å². The molecular weight excluding hydrogens is 216 g/mol. The highest BCUT2D eigenvalue weighted by Gasteiger charge is 2.04. The van der Waals surface area contributed by atoms with Gasteiger partial charge in [0, 0.05) is 6.54 Å². The summed E-state index contributed by atoms with van der Waals surface area (Å²) < 4.78 is 5.29. The summed E-state index contributed by atoms with van der Waals surface area (Å²) in [6.07, 6.45) is 1.74. The maximum absolute atomic E-state index is 11.0. The smallest absolute Gasteiger partial charge is 0.233 e. The zero-order chi connectivity index (χ0) is 12.7. The first kappa shape index (κ1) is 13.5. The highest BCUT2D eigenvalue weighted by atomic mass is 16.5. The number of carbonyl (C=O) groups is 1. The molecular formula is C13H20N2O2. The first-order chi connectivity index (χ1) is 8.21. The maximum Gasteiger partial charge on any atom is 0.233 e. The van der Waals surface area contributed by atoms with Crippen molar-refractivity contribution < 1.29 is 9.53 Å². The van der Waals surface area contributed by atoms with Gasteiger partial charge in [0.05, 0.1) is 13.7 Å². The summed E-state index contributed by atoms with van der Waals surface area (Å²) in [5, 5.41) is 2.75. The molecule has 0 saturated carbocycles. The lowest BCUT2D eigenvalue weighted by Gasteiger charge is -2.10. The summed E-state index contributed by atoms with van der Waals surface area (Å²) in [4.78, 5) is 11.0. The molecule has 0 aliphatic carbocycles. The third-order valence-electron chi connectivity index (χ3n) is 2.65. The highest BCUT2D eigenvalue weighted by molar-refractivity contribution is 5.77. The second-order valence-electron chi connectivity index (χ2n) is 3.80. The van der Waals surface area contributed by atoms with E-state index in [1.54, 1.807) is 7.11 Å². The van der Waals surface area contributed by atoms with Gasteiger partial charge in [0.25, 0.3) is 0 Å². The van der Waals surface area contributed by atoms with E-state index in [2.05, 4.69) is 24.4 Å². The molecule has 17 heavy (non-hydrogen) atoms. The van der Waals surface area contributed by atoms with Gasteiger partial charge in [-0.05, 0) is 30.0 Å². The Hall–Kier alpha value is -1.55. The average Bonchev–Trinajstić information content (AvgIpc) is 2.38. The molecule has 0 heterocycles. The van der Waals surface area contributed by atoms with Crippen molar-refractivity contribution in [2.75, 3.05) is 20.2 Å². The van der Waals surface area contributed by atoms with Crippen molar-refractivity contribution >= 4 is 5.91 Å². The SMILES string of the molecule is CCc1ccc(OC)c(CCNC(=O)CN)c1. The van der Waals surface area contributed by atoms with Crippen LogP contribution in [0.3, 0.4) is 0 Å². The Bertz CT molecular complexity index is 378. The van der Waals surface area contributed by atoms with E-state index in [9.17, 15) is 4.79 Å². The zero-order valence-electron chi connectivity index (χ0n) is 10.5. The number of nitrogens with two attached hydrogens (primary N) is 1. The molecule has 4 nitrogen and oxygen atoms in total. The van der Waals surface area contributed by atoms with E-state index in [1.165, 1.54) is 5.56 Å². The molecule has 3 N–H and O–H groups in total. The quantitative estimate of drug-likeness (QED) is 0.770. The van der Waals surface area contributed by atoms with Gasteiger partial charge in [0.15, 0.2) is 0 Å². The zero-order valence-corrected chi connectivity index (χ0v) is 10.5. The Morgan fingerprint density at radius 3 is 2.82 bits per heavy atom. The van der Waals surface area contributed by atoms with Crippen molar-refractivity contribution in [3.05, 3.63) is 29.3 Å². The number of nitrogens with one attached hydrogen (secondary N) is 1. The minimum absolute atomic E-state index is 0.0339. The topological polar surface area (TPSA) is 64.3 Å². The second kappa shape index (κ2) is 6.91. The van der Waals surface area contributed by atoms with Crippen molar-refractivity contribution in [1.29, 1.82) is 0 Å². The van der Waals surface area contributed by atoms with Crippen LogP contribution in [0.2, 0.25) is 0 Å². The maximum atomic E-state index is 11.0. The number of rotatable bonds is 6. The normalized spacial score (nSPS) is 10.1. The lowest BCUT2D eigenvalue weighted by atomic mass is 10.1. The van der Waals surface area contributed by atoms with Crippen LogP contribution in [-0.2, 0) is 17.6 Å². The summed E-state index contributed by atoms with van der Waals surface area (Å²) >= 11 is 0. The highest BCUT2D eigenvalue weighted by Crippen LogP contribution is 2.20. The van der Waals surface area contributed by atoms with Crippen molar-refractivity contribution in [3.63, 3.8) is 0 Å². The number of hydrogen-bond acceptors (Lipinski definition) is 3. The fourth-order valence-electron chi connectivity index (χ4n) is 1.66. The standard InChI is InChI=1S/C13H20N2O2/c1-3-10-4-5-12(17-2)11(8-10)6-7-15-13(16)9-14/h4-5,8H,3,6-7,9,14H2,1-2H3,(H,15,16). The van der Waals surface area contributed by atoms with Gasteiger partial charge in [-0.1, -0.05) is 19.1 Å². The minimum atomic E-state index is -0.129. The van der Waals surface area contributed by atoms with Crippen LogP contribution in [0.25, 0.3) is 0 Å².